The quantitative estimate of drug-likeness (QED) is 0.418. The topological polar surface area (TPSA) is 84.0 Å². The molecule has 0 saturated carbocycles. The number of alkyl halides is 1. The Morgan fingerprint density at radius 2 is 1.61 bits per heavy atom. The molecule has 1 fully saturated rings. The van der Waals surface area contributed by atoms with E-state index in [9.17, 15) is 19.2 Å². The van der Waals surface area contributed by atoms with Gasteiger partial charge in [-0.25, -0.2) is 14.1 Å². The number of nitrogens with zero attached hydrogens (tertiary/aromatic N) is 2. The van der Waals surface area contributed by atoms with Crippen LogP contribution < -0.4 is 0 Å². The molecule has 1 saturated heterocycles. The summed E-state index contributed by atoms with van der Waals surface area (Å²) in [4.78, 5) is 53.2. The summed E-state index contributed by atoms with van der Waals surface area (Å²) in [5.41, 5.74) is 0.520. The van der Waals surface area contributed by atoms with Crippen molar-refractivity contribution in [2.24, 2.45) is 0 Å². The van der Waals surface area contributed by atoms with Crippen molar-refractivity contribution in [2.75, 3.05) is 13.7 Å². The summed E-state index contributed by atoms with van der Waals surface area (Å²) in [7, 11) is 1.19. The van der Waals surface area contributed by atoms with Gasteiger partial charge in [0.2, 0.25) is 0 Å². The molecule has 2 atom stereocenters. The molecule has 2 aliphatic heterocycles. The number of amides is 3. The number of carbonyl (C=O) groups is 4. The van der Waals surface area contributed by atoms with Crippen LogP contribution in [0.2, 0.25) is 0 Å². The van der Waals surface area contributed by atoms with Crippen LogP contribution in [-0.2, 0) is 20.7 Å². The third kappa shape index (κ3) is 3.37. The van der Waals surface area contributed by atoms with Crippen LogP contribution in [0.4, 0.5) is 4.39 Å². The van der Waals surface area contributed by atoms with Crippen LogP contribution in [0.15, 0.2) is 54.6 Å². The van der Waals surface area contributed by atoms with E-state index in [4.69, 9.17) is 4.74 Å². The zero-order chi connectivity index (χ0) is 22.2. The summed E-state index contributed by atoms with van der Waals surface area (Å²) in [5.74, 6) is -6.50. The lowest BCUT2D eigenvalue weighted by atomic mass is 10.00. The van der Waals surface area contributed by atoms with Crippen molar-refractivity contribution in [3.63, 3.8) is 0 Å². The van der Waals surface area contributed by atoms with E-state index in [2.05, 4.69) is 0 Å². The molecule has 0 N–H and O–H groups in total. The molecule has 0 spiro atoms. The number of halogens is 1. The van der Waals surface area contributed by atoms with E-state index in [1.54, 1.807) is 42.5 Å². The van der Waals surface area contributed by atoms with E-state index < -0.39 is 41.9 Å². The molecule has 2 aromatic rings. The molecule has 4 rings (SSSR count). The highest BCUT2D eigenvalue weighted by Gasteiger charge is 2.57. The monoisotopic (exact) mass is 424 g/mol. The fourth-order valence-corrected chi connectivity index (χ4v) is 4.24. The van der Waals surface area contributed by atoms with Gasteiger partial charge in [0.05, 0.1) is 18.2 Å². The number of likely N-dealkylation sites (tertiary alicyclic amines) is 1. The van der Waals surface area contributed by atoms with Crippen LogP contribution in [0, 0.1) is 0 Å². The molecular formula is C23H21FN2O5. The Morgan fingerprint density at radius 3 is 2.19 bits per heavy atom. The minimum Gasteiger partial charge on any atom is -0.467 e. The van der Waals surface area contributed by atoms with Gasteiger partial charge in [0, 0.05) is 13.0 Å². The molecule has 1 unspecified atom stereocenters. The van der Waals surface area contributed by atoms with Crippen molar-refractivity contribution in [3.05, 3.63) is 71.3 Å². The number of benzene rings is 2. The zero-order valence-electron chi connectivity index (χ0n) is 16.9. The third-order valence-electron chi connectivity index (χ3n) is 5.74. The minimum atomic E-state index is -2.99. The maximum Gasteiger partial charge on any atom is 0.328 e. The fraction of sp³-hybridized carbons (Fsp3) is 0.304. The molecule has 2 aromatic carbocycles. The maximum atomic E-state index is 16.8. The molecule has 0 bridgehead atoms. The standard InChI is InChI=1S/C23H21FN2O5/c1-31-21(29)18-12-7-13-25(18)22(30)23(24,14-15-8-3-2-4-9-15)26-19(27)16-10-5-6-11-17(16)20(26)28/h2-6,8-11,18H,7,12-14H2,1H3/t18-,23?/m0/s1. The predicted octanol–water partition coefficient (Wildman–Crippen LogP) is 2.36. The van der Waals surface area contributed by atoms with Crippen molar-refractivity contribution in [2.45, 2.75) is 31.1 Å². The Hall–Kier alpha value is -3.55. The van der Waals surface area contributed by atoms with Crippen molar-refractivity contribution in [3.8, 4) is 0 Å². The number of carbonyl (C=O) groups excluding carboxylic acids is 4. The van der Waals surface area contributed by atoms with Gasteiger partial charge >= 0.3 is 5.97 Å². The van der Waals surface area contributed by atoms with Gasteiger partial charge in [-0.15, -0.1) is 0 Å². The average Bonchev–Trinajstić information content (AvgIpc) is 3.37. The highest BCUT2D eigenvalue weighted by atomic mass is 19.1. The molecule has 8 heteroatoms. The van der Waals surface area contributed by atoms with Crippen LogP contribution in [0.25, 0.3) is 0 Å². The normalized spacial score (nSPS) is 19.9. The van der Waals surface area contributed by atoms with Crippen molar-refractivity contribution >= 4 is 23.7 Å². The lowest BCUT2D eigenvalue weighted by Gasteiger charge is -2.36. The molecule has 0 aromatic heterocycles. The SMILES string of the molecule is COC(=O)[C@@H]1CCCN1C(=O)C(F)(Cc1ccccc1)N1C(=O)c2ccccc2C1=O. The summed E-state index contributed by atoms with van der Waals surface area (Å²) < 4.78 is 21.5. The van der Waals surface area contributed by atoms with Crippen molar-refractivity contribution in [1.82, 2.24) is 9.80 Å². The van der Waals surface area contributed by atoms with Crippen molar-refractivity contribution in [1.29, 1.82) is 0 Å². The van der Waals surface area contributed by atoms with Gasteiger partial charge in [0.1, 0.15) is 6.04 Å². The van der Waals surface area contributed by atoms with Crippen LogP contribution in [0.5, 0.6) is 0 Å². The van der Waals surface area contributed by atoms with Crippen LogP contribution in [-0.4, -0.2) is 59.0 Å². The van der Waals surface area contributed by atoms with E-state index in [1.807, 2.05) is 0 Å². The summed E-state index contributed by atoms with van der Waals surface area (Å²) in [6.07, 6.45) is 0.277. The van der Waals surface area contributed by atoms with E-state index in [0.29, 0.717) is 23.3 Å². The molecule has 2 heterocycles. The molecule has 0 aliphatic carbocycles. The number of methoxy groups -OCH3 is 1. The van der Waals surface area contributed by atoms with Crippen LogP contribution >= 0.6 is 0 Å². The fourth-order valence-electron chi connectivity index (χ4n) is 4.24. The molecule has 3 amide bonds. The summed E-state index contributed by atoms with van der Waals surface area (Å²) in [6.45, 7) is 0.127. The first-order chi connectivity index (χ1) is 14.9. The Bertz CT molecular complexity index is 1020. The first kappa shape index (κ1) is 20.7. The number of rotatable bonds is 5. The molecular weight excluding hydrogens is 403 g/mol. The van der Waals surface area contributed by atoms with E-state index >= 15 is 4.39 Å². The Labute approximate surface area is 178 Å². The second-order valence-corrected chi connectivity index (χ2v) is 7.59. The van der Waals surface area contributed by atoms with Crippen LogP contribution in [0.3, 0.4) is 0 Å². The lowest BCUT2D eigenvalue weighted by Crippen LogP contribution is -2.61. The molecule has 7 nitrogen and oxygen atoms in total. The number of imide groups is 1. The molecule has 31 heavy (non-hydrogen) atoms. The number of hydrogen-bond acceptors (Lipinski definition) is 5. The van der Waals surface area contributed by atoms with E-state index in [0.717, 1.165) is 4.90 Å². The Kier molecular flexibility index (Phi) is 5.31. The minimum absolute atomic E-state index is 0.0429. The smallest absolute Gasteiger partial charge is 0.328 e. The number of ether oxygens (including phenoxy) is 1. The van der Waals surface area contributed by atoms with Gasteiger partial charge in [-0.1, -0.05) is 42.5 Å². The van der Waals surface area contributed by atoms with Gasteiger partial charge in [-0.2, -0.15) is 0 Å². The van der Waals surface area contributed by atoms with Crippen molar-refractivity contribution < 1.29 is 28.3 Å². The van der Waals surface area contributed by atoms with Gasteiger partial charge in [0.25, 0.3) is 23.5 Å². The number of hydrogen-bond donors (Lipinski definition) is 0. The third-order valence-corrected chi connectivity index (χ3v) is 5.74. The lowest BCUT2D eigenvalue weighted by molar-refractivity contribution is -0.161. The summed E-state index contributed by atoms with van der Waals surface area (Å²) in [5, 5.41) is 0. The highest BCUT2D eigenvalue weighted by Crippen LogP contribution is 2.36. The average molecular weight is 424 g/mol. The molecule has 160 valence electrons. The predicted molar refractivity (Wildman–Crippen MR) is 108 cm³/mol. The van der Waals surface area contributed by atoms with Gasteiger partial charge in [-0.05, 0) is 30.5 Å². The number of fused-ring (bicyclic) bond motifs is 1. The Balaban J connectivity index is 1.78. The summed E-state index contributed by atoms with van der Waals surface area (Å²) in [6, 6.07) is 13.3. The first-order valence-electron chi connectivity index (χ1n) is 9.98. The maximum absolute atomic E-state index is 16.8. The Morgan fingerprint density at radius 1 is 1.03 bits per heavy atom. The molecule has 0 radical (unpaired) electrons. The summed E-state index contributed by atoms with van der Waals surface area (Å²) >= 11 is 0. The second kappa shape index (κ2) is 7.94. The van der Waals surface area contributed by atoms with Gasteiger partial charge in [0.15, 0.2) is 0 Å². The van der Waals surface area contributed by atoms with E-state index in [-0.39, 0.29) is 17.7 Å². The first-order valence-corrected chi connectivity index (χ1v) is 9.98. The zero-order valence-corrected chi connectivity index (χ0v) is 16.9. The second-order valence-electron chi connectivity index (χ2n) is 7.59. The van der Waals surface area contributed by atoms with Gasteiger partial charge < -0.3 is 9.64 Å². The molecule has 2 aliphatic rings. The van der Waals surface area contributed by atoms with Gasteiger partial charge in [-0.3, -0.25) is 14.4 Å². The van der Waals surface area contributed by atoms with Crippen LogP contribution in [0.1, 0.15) is 39.1 Å². The largest absolute Gasteiger partial charge is 0.467 e. The number of esters is 1. The highest BCUT2D eigenvalue weighted by molar-refractivity contribution is 6.23. The van der Waals surface area contributed by atoms with E-state index in [1.165, 1.54) is 19.2 Å².